The monoisotopic (exact) mass is 173 g/mol. The Labute approximate surface area is 74.4 Å². The van der Waals surface area contributed by atoms with Gasteiger partial charge < -0.3 is 14.8 Å². The van der Waals surface area contributed by atoms with Crippen LogP contribution in [0.25, 0.3) is 0 Å². The fourth-order valence-electron chi connectivity index (χ4n) is 1.14. The third kappa shape index (κ3) is 2.73. The number of nitrogens with one attached hydrogen (secondary N) is 1. The van der Waals surface area contributed by atoms with E-state index in [0.717, 1.165) is 19.7 Å². The number of hydrogen-bond acceptors (Lipinski definition) is 3. The Morgan fingerprint density at radius 1 is 1.42 bits per heavy atom. The molecule has 0 saturated carbocycles. The maximum Gasteiger partial charge on any atom is 0.0827 e. The van der Waals surface area contributed by atoms with Crippen LogP contribution >= 0.6 is 0 Å². The molecule has 0 aromatic carbocycles. The van der Waals surface area contributed by atoms with Gasteiger partial charge in [-0.3, -0.25) is 0 Å². The van der Waals surface area contributed by atoms with E-state index < -0.39 is 0 Å². The van der Waals surface area contributed by atoms with E-state index in [1.165, 1.54) is 0 Å². The highest BCUT2D eigenvalue weighted by Crippen LogP contribution is 2.08. The first-order valence-corrected chi connectivity index (χ1v) is 4.59. The van der Waals surface area contributed by atoms with Gasteiger partial charge in [-0.15, -0.1) is 0 Å². The summed E-state index contributed by atoms with van der Waals surface area (Å²) in [6, 6.07) is 0. The summed E-state index contributed by atoms with van der Waals surface area (Å²) in [6.45, 7) is 7.01. The lowest BCUT2D eigenvalue weighted by Crippen LogP contribution is -2.49. The molecule has 0 spiro atoms. The SMILES string of the molecule is COC(COC1CNC1)C(C)C. The van der Waals surface area contributed by atoms with Crippen LogP contribution in [-0.2, 0) is 9.47 Å². The predicted molar refractivity (Wildman–Crippen MR) is 48.2 cm³/mol. The zero-order valence-electron chi connectivity index (χ0n) is 8.17. The quantitative estimate of drug-likeness (QED) is 0.662. The molecule has 0 bridgehead atoms. The van der Waals surface area contributed by atoms with Gasteiger partial charge in [0.2, 0.25) is 0 Å². The van der Waals surface area contributed by atoms with E-state index >= 15 is 0 Å². The fourth-order valence-corrected chi connectivity index (χ4v) is 1.14. The summed E-state index contributed by atoms with van der Waals surface area (Å²) >= 11 is 0. The van der Waals surface area contributed by atoms with Crippen molar-refractivity contribution in [3.63, 3.8) is 0 Å². The zero-order valence-corrected chi connectivity index (χ0v) is 8.17. The van der Waals surface area contributed by atoms with E-state index in [4.69, 9.17) is 9.47 Å². The van der Waals surface area contributed by atoms with Gasteiger partial charge in [0.1, 0.15) is 0 Å². The van der Waals surface area contributed by atoms with E-state index in [1.807, 2.05) is 0 Å². The highest BCUT2D eigenvalue weighted by atomic mass is 16.5. The summed E-state index contributed by atoms with van der Waals surface area (Å²) in [7, 11) is 1.74. The molecule has 72 valence electrons. The molecule has 1 unspecified atom stereocenters. The van der Waals surface area contributed by atoms with Gasteiger partial charge in [-0.1, -0.05) is 13.8 Å². The van der Waals surface area contributed by atoms with Crippen molar-refractivity contribution in [2.45, 2.75) is 26.1 Å². The molecule has 0 aromatic heterocycles. The molecule has 1 N–H and O–H groups in total. The Bertz CT molecular complexity index is 124. The molecule has 1 fully saturated rings. The number of rotatable bonds is 5. The highest BCUT2D eigenvalue weighted by molar-refractivity contribution is 4.75. The van der Waals surface area contributed by atoms with Crippen molar-refractivity contribution in [3.8, 4) is 0 Å². The molecule has 3 nitrogen and oxygen atoms in total. The number of hydrogen-bond donors (Lipinski definition) is 1. The summed E-state index contributed by atoms with van der Waals surface area (Å²) in [4.78, 5) is 0. The Hall–Kier alpha value is -0.120. The van der Waals surface area contributed by atoms with E-state index in [0.29, 0.717) is 12.0 Å². The van der Waals surface area contributed by atoms with Gasteiger partial charge in [0.25, 0.3) is 0 Å². The second kappa shape index (κ2) is 4.80. The summed E-state index contributed by atoms with van der Waals surface area (Å²) < 4.78 is 10.9. The second-order valence-corrected chi connectivity index (χ2v) is 3.63. The van der Waals surface area contributed by atoms with Crippen LogP contribution in [0, 0.1) is 5.92 Å². The lowest BCUT2D eigenvalue weighted by atomic mass is 10.1. The van der Waals surface area contributed by atoms with E-state index in [-0.39, 0.29) is 6.10 Å². The molecule has 1 aliphatic rings. The van der Waals surface area contributed by atoms with Crippen molar-refractivity contribution in [1.82, 2.24) is 5.32 Å². The van der Waals surface area contributed by atoms with Crippen LogP contribution in [0.4, 0.5) is 0 Å². The minimum Gasteiger partial charge on any atom is -0.379 e. The van der Waals surface area contributed by atoms with Gasteiger partial charge in [0.15, 0.2) is 0 Å². The van der Waals surface area contributed by atoms with Crippen LogP contribution in [-0.4, -0.2) is 39.0 Å². The third-order valence-corrected chi connectivity index (χ3v) is 2.29. The fraction of sp³-hybridized carbons (Fsp3) is 1.00. The summed E-state index contributed by atoms with van der Waals surface area (Å²) in [5.41, 5.74) is 0. The molecule has 0 aromatic rings. The highest BCUT2D eigenvalue weighted by Gasteiger charge is 2.20. The molecule has 1 atom stereocenters. The van der Waals surface area contributed by atoms with Crippen molar-refractivity contribution in [2.75, 3.05) is 26.8 Å². The molecule has 0 radical (unpaired) electrons. The zero-order chi connectivity index (χ0) is 8.97. The van der Waals surface area contributed by atoms with Crippen LogP contribution < -0.4 is 5.32 Å². The number of ether oxygens (including phenoxy) is 2. The first-order valence-electron chi connectivity index (χ1n) is 4.59. The van der Waals surface area contributed by atoms with Gasteiger partial charge in [0.05, 0.1) is 18.8 Å². The molecule has 1 aliphatic heterocycles. The van der Waals surface area contributed by atoms with Crippen molar-refractivity contribution in [2.24, 2.45) is 5.92 Å². The molecule has 12 heavy (non-hydrogen) atoms. The average Bonchev–Trinajstić information content (AvgIpc) is 1.93. The molecule has 3 heteroatoms. The average molecular weight is 173 g/mol. The van der Waals surface area contributed by atoms with Gasteiger partial charge in [-0.2, -0.15) is 0 Å². The van der Waals surface area contributed by atoms with Crippen molar-refractivity contribution >= 4 is 0 Å². The lowest BCUT2D eigenvalue weighted by Gasteiger charge is -2.29. The Balaban J connectivity index is 2.09. The Morgan fingerprint density at radius 3 is 2.42 bits per heavy atom. The van der Waals surface area contributed by atoms with Gasteiger partial charge in [-0.25, -0.2) is 0 Å². The van der Waals surface area contributed by atoms with Crippen LogP contribution in [0.2, 0.25) is 0 Å². The van der Waals surface area contributed by atoms with E-state index in [9.17, 15) is 0 Å². The molecule has 1 saturated heterocycles. The third-order valence-electron chi connectivity index (χ3n) is 2.29. The second-order valence-electron chi connectivity index (χ2n) is 3.63. The van der Waals surface area contributed by atoms with Crippen LogP contribution in [0.3, 0.4) is 0 Å². The molecular formula is C9H19NO2. The maximum atomic E-state index is 5.60. The standard InChI is InChI=1S/C9H19NO2/c1-7(2)9(11-3)6-12-8-4-10-5-8/h7-10H,4-6H2,1-3H3. The van der Waals surface area contributed by atoms with Crippen molar-refractivity contribution < 1.29 is 9.47 Å². The minimum atomic E-state index is 0.241. The Morgan fingerprint density at radius 2 is 2.08 bits per heavy atom. The molecule has 1 heterocycles. The summed E-state index contributed by atoms with van der Waals surface area (Å²) in [6.07, 6.45) is 0.659. The first kappa shape index (κ1) is 9.96. The maximum absolute atomic E-state index is 5.60. The predicted octanol–water partition coefficient (Wildman–Crippen LogP) is 0.646. The van der Waals surface area contributed by atoms with Crippen molar-refractivity contribution in [3.05, 3.63) is 0 Å². The Kier molecular flexibility index (Phi) is 3.98. The normalized spacial score (nSPS) is 21.0. The summed E-state index contributed by atoms with van der Waals surface area (Å²) in [5.74, 6) is 0.531. The molecular weight excluding hydrogens is 154 g/mol. The largest absolute Gasteiger partial charge is 0.379 e. The topological polar surface area (TPSA) is 30.5 Å². The van der Waals surface area contributed by atoms with Crippen LogP contribution in [0.15, 0.2) is 0 Å². The van der Waals surface area contributed by atoms with Crippen LogP contribution in [0.1, 0.15) is 13.8 Å². The van der Waals surface area contributed by atoms with Crippen LogP contribution in [0.5, 0.6) is 0 Å². The van der Waals surface area contributed by atoms with Crippen molar-refractivity contribution in [1.29, 1.82) is 0 Å². The van der Waals surface area contributed by atoms with Gasteiger partial charge >= 0.3 is 0 Å². The molecule has 1 rings (SSSR count). The van der Waals surface area contributed by atoms with E-state index in [2.05, 4.69) is 19.2 Å². The molecule has 0 amide bonds. The molecule has 0 aliphatic carbocycles. The smallest absolute Gasteiger partial charge is 0.0827 e. The van der Waals surface area contributed by atoms with Gasteiger partial charge in [-0.05, 0) is 5.92 Å². The van der Waals surface area contributed by atoms with Gasteiger partial charge in [0, 0.05) is 20.2 Å². The first-order chi connectivity index (χ1) is 5.74. The van der Waals surface area contributed by atoms with E-state index in [1.54, 1.807) is 7.11 Å². The summed E-state index contributed by atoms with van der Waals surface area (Å²) in [5, 5.41) is 3.17. The number of methoxy groups -OCH3 is 1. The lowest BCUT2D eigenvalue weighted by molar-refractivity contribution is -0.0586. The minimum absolute atomic E-state index is 0.241.